The van der Waals surface area contributed by atoms with Crippen LogP contribution in [-0.4, -0.2) is 11.7 Å². The summed E-state index contributed by atoms with van der Waals surface area (Å²) in [6.45, 7) is 0.299. The molecule has 3 nitrogen and oxygen atoms in total. The number of alkyl halides is 3. The molecule has 1 aromatic carbocycles. The molecule has 1 unspecified atom stereocenters. The van der Waals surface area contributed by atoms with E-state index < -0.39 is 0 Å². The van der Waals surface area contributed by atoms with E-state index in [9.17, 15) is 0 Å². The molecule has 2 heterocycles. The molecule has 80 valence electrons. The minimum atomic E-state index is -0.309. The molecule has 0 bridgehead atoms. The number of fused-ring (bicyclic) bond motifs is 2. The van der Waals surface area contributed by atoms with Gasteiger partial charge in [-0.25, -0.2) is 0 Å². The van der Waals surface area contributed by atoms with Crippen LogP contribution in [0.1, 0.15) is 5.56 Å². The van der Waals surface area contributed by atoms with Crippen LogP contribution in [0.15, 0.2) is 12.1 Å². The number of hydrogen-bond donors (Lipinski definition) is 1. The van der Waals surface area contributed by atoms with Gasteiger partial charge in [-0.2, -0.15) is 0 Å². The van der Waals surface area contributed by atoms with Crippen molar-refractivity contribution in [2.75, 3.05) is 12.1 Å². The summed E-state index contributed by atoms with van der Waals surface area (Å²) in [5.41, 5.74) is 2.14. The van der Waals surface area contributed by atoms with E-state index in [1.165, 1.54) is 0 Å². The molecule has 0 fully saturated rings. The number of halogens is 3. The van der Waals surface area contributed by atoms with Crippen LogP contribution < -0.4 is 14.8 Å². The molecule has 15 heavy (non-hydrogen) atoms. The van der Waals surface area contributed by atoms with Crippen molar-refractivity contribution < 1.29 is 9.47 Å². The highest BCUT2D eigenvalue weighted by Gasteiger charge is 2.43. The van der Waals surface area contributed by atoms with Gasteiger partial charge in [0.15, 0.2) is 11.5 Å². The van der Waals surface area contributed by atoms with Crippen LogP contribution in [0, 0.1) is 0 Å². The zero-order chi connectivity index (χ0) is 10.6. The Morgan fingerprint density at radius 1 is 1.27 bits per heavy atom. The highest BCUT2D eigenvalue weighted by molar-refractivity contribution is 9.25. The first-order chi connectivity index (χ1) is 7.09. The van der Waals surface area contributed by atoms with Gasteiger partial charge >= 0.3 is 0 Å². The van der Waals surface area contributed by atoms with Crippen LogP contribution in [0.3, 0.4) is 0 Å². The van der Waals surface area contributed by atoms with E-state index in [2.05, 4.69) is 53.1 Å². The van der Waals surface area contributed by atoms with Crippen molar-refractivity contribution >= 4 is 53.5 Å². The lowest BCUT2D eigenvalue weighted by Gasteiger charge is -2.17. The Bertz CT molecular complexity index is 436. The molecule has 2 aliphatic rings. The van der Waals surface area contributed by atoms with E-state index in [4.69, 9.17) is 9.47 Å². The number of nitrogens with one attached hydrogen (secondary N) is 1. The third-order valence-electron chi connectivity index (χ3n) is 2.47. The van der Waals surface area contributed by atoms with Crippen molar-refractivity contribution in [1.82, 2.24) is 0 Å². The lowest BCUT2D eigenvalue weighted by atomic mass is 10.1. The second kappa shape index (κ2) is 3.28. The Morgan fingerprint density at radius 2 is 1.93 bits per heavy atom. The number of benzene rings is 1. The molecular formula is C9H6Br3NO2. The summed E-state index contributed by atoms with van der Waals surface area (Å²) in [4.78, 5) is 0.0857. The molecule has 1 atom stereocenters. The summed E-state index contributed by atoms with van der Waals surface area (Å²) in [6, 6.07) is 3.94. The second-order valence-corrected chi connectivity index (χ2v) is 7.86. The fraction of sp³-hybridized carbons (Fsp3) is 0.333. The Hall–Kier alpha value is 0.0600. The Balaban J connectivity index is 2.17. The van der Waals surface area contributed by atoms with Crippen LogP contribution in [-0.2, 0) is 3.23 Å². The summed E-state index contributed by atoms with van der Waals surface area (Å²) in [7, 11) is 0. The minimum absolute atomic E-state index is 0.0857. The molecule has 3 rings (SSSR count). The molecule has 1 aromatic rings. The van der Waals surface area contributed by atoms with Crippen molar-refractivity contribution in [3.63, 3.8) is 0 Å². The van der Waals surface area contributed by atoms with E-state index in [-0.39, 0.29) is 8.18 Å². The fourth-order valence-corrected chi connectivity index (χ4v) is 3.08. The highest BCUT2D eigenvalue weighted by Crippen LogP contribution is 2.55. The molecule has 1 N–H and O–H groups in total. The Morgan fingerprint density at radius 3 is 2.67 bits per heavy atom. The summed E-state index contributed by atoms with van der Waals surface area (Å²) < 4.78 is 10.4. The maximum Gasteiger partial charge on any atom is 0.231 e. The van der Waals surface area contributed by atoms with Gasteiger partial charge in [-0.1, -0.05) is 47.8 Å². The van der Waals surface area contributed by atoms with Crippen LogP contribution in [0.5, 0.6) is 11.5 Å². The third-order valence-corrected chi connectivity index (χ3v) is 6.39. The highest BCUT2D eigenvalue weighted by atomic mass is 79.9. The lowest BCUT2D eigenvalue weighted by Crippen LogP contribution is -2.20. The van der Waals surface area contributed by atoms with Crippen LogP contribution >= 0.6 is 47.8 Å². The van der Waals surface area contributed by atoms with Crippen LogP contribution in [0.4, 0.5) is 5.69 Å². The molecule has 6 heteroatoms. The summed E-state index contributed by atoms with van der Waals surface area (Å²) in [5.74, 6) is 1.58. The van der Waals surface area contributed by atoms with E-state index in [0.29, 0.717) is 6.79 Å². The molecule has 0 saturated carbocycles. The second-order valence-electron chi connectivity index (χ2n) is 3.38. The third kappa shape index (κ3) is 1.41. The lowest BCUT2D eigenvalue weighted by molar-refractivity contribution is 0.174. The maximum atomic E-state index is 5.35. The van der Waals surface area contributed by atoms with Crippen molar-refractivity contribution in [3.8, 4) is 11.5 Å². The monoisotopic (exact) mass is 397 g/mol. The average molecular weight is 400 g/mol. The van der Waals surface area contributed by atoms with Crippen molar-refractivity contribution in [2.45, 2.75) is 8.18 Å². The predicted octanol–water partition coefficient (Wildman–Crippen LogP) is 3.50. The van der Waals surface area contributed by atoms with Gasteiger partial charge in [0.05, 0.1) is 0 Å². The van der Waals surface area contributed by atoms with Crippen molar-refractivity contribution in [2.24, 2.45) is 0 Å². The topological polar surface area (TPSA) is 30.5 Å². The summed E-state index contributed by atoms with van der Waals surface area (Å²) in [6.07, 6.45) is 0. The largest absolute Gasteiger partial charge is 0.454 e. The quantitative estimate of drug-likeness (QED) is 0.535. The maximum absolute atomic E-state index is 5.35. The molecule has 0 saturated heterocycles. The van der Waals surface area contributed by atoms with Gasteiger partial charge in [-0.3, -0.25) is 0 Å². The minimum Gasteiger partial charge on any atom is -0.454 e. The Kier molecular flexibility index (Phi) is 2.23. The van der Waals surface area contributed by atoms with Gasteiger partial charge in [0.1, 0.15) is 8.18 Å². The first-order valence-corrected chi connectivity index (χ1v) is 6.82. The zero-order valence-electron chi connectivity index (χ0n) is 7.39. The van der Waals surface area contributed by atoms with Gasteiger partial charge in [-0.05, 0) is 6.07 Å². The van der Waals surface area contributed by atoms with Crippen molar-refractivity contribution in [3.05, 3.63) is 17.7 Å². The number of hydrogen-bond acceptors (Lipinski definition) is 3. The van der Waals surface area contributed by atoms with Crippen LogP contribution in [0.2, 0.25) is 0 Å². The molecule has 0 amide bonds. The van der Waals surface area contributed by atoms with E-state index >= 15 is 0 Å². The zero-order valence-corrected chi connectivity index (χ0v) is 12.1. The van der Waals surface area contributed by atoms with Gasteiger partial charge < -0.3 is 14.8 Å². The molecule has 0 spiro atoms. The first-order valence-electron chi connectivity index (χ1n) is 4.31. The standard InChI is InChI=1S/C9H6Br3NO2/c10-8-9(11,12)4-1-6-7(15-3-14-6)2-5(4)13-8/h1-2,8,13H,3H2. The molecule has 0 aromatic heterocycles. The van der Waals surface area contributed by atoms with Gasteiger partial charge in [0.25, 0.3) is 0 Å². The SMILES string of the molecule is BrC1Nc2cc3c(cc2C1(Br)Br)OCO3. The van der Waals surface area contributed by atoms with Gasteiger partial charge in [0.2, 0.25) is 6.79 Å². The Labute approximate surface area is 112 Å². The van der Waals surface area contributed by atoms with Crippen LogP contribution in [0.25, 0.3) is 0 Å². The predicted molar refractivity (Wildman–Crippen MR) is 68.4 cm³/mol. The van der Waals surface area contributed by atoms with Gasteiger partial charge in [-0.15, -0.1) is 0 Å². The molecule has 2 aliphatic heterocycles. The van der Waals surface area contributed by atoms with E-state index in [1.807, 2.05) is 12.1 Å². The van der Waals surface area contributed by atoms with E-state index in [0.717, 1.165) is 22.7 Å². The number of rotatable bonds is 0. The summed E-state index contributed by atoms with van der Waals surface area (Å²) >= 11 is 10.8. The van der Waals surface area contributed by atoms with E-state index in [1.54, 1.807) is 0 Å². The van der Waals surface area contributed by atoms with Crippen molar-refractivity contribution in [1.29, 1.82) is 0 Å². The molecule has 0 aliphatic carbocycles. The first kappa shape index (κ1) is 10.2. The fourth-order valence-electron chi connectivity index (χ4n) is 1.70. The smallest absolute Gasteiger partial charge is 0.231 e. The normalized spacial score (nSPS) is 24.9. The molecule has 0 radical (unpaired) electrons. The van der Waals surface area contributed by atoms with Gasteiger partial charge in [0, 0.05) is 17.3 Å². The molecular weight excluding hydrogens is 394 g/mol. The number of ether oxygens (including phenoxy) is 2. The average Bonchev–Trinajstić information content (AvgIpc) is 2.69. The number of anilines is 1. The summed E-state index contributed by atoms with van der Waals surface area (Å²) in [5, 5.41) is 3.30.